The minimum atomic E-state index is -3.52. The molecular weight excluding hydrogens is 244 g/mol. The highest BCUT2D eigenvalue weighted by Gasteiger charge is 2.30. The molecule has 1 saturated heterocycles. The molecule has 1 fully saturated rings. The van der Waals surface area contributed by atoms with Gasteiger partial charge in [0.1, 0.15) is 0 Å². The zero-order valence-corrected chi connectivity index (χ0v) is 10.4. The first kappa shape index (κ1) is 11.5. The SMILES string of the molecule is Cc1ccc(S(=O)(=O)N2CCSC2=N)cc1. The van der Waals surface area contributed by atoms with Crippen LogP contribution in [0.4, 0.5) is 0 Å². The number of thioether (sulfide) groups is 1. The highest BCUT2D eigenvalue weighted by atomic mass is 32.2. The molecule has 0 spiro atoms. The maximum absolute atomic E-state index is 12.1. The molecule has 16 heavy (non-hydrogen) atoms. The first-order valence-electron chi connectivity index (χ1n) is 4.82. The predicted molar refractivity (Wildman–Crippen MR) is 65.3 cm³/mol. The number of nitrogens with one attached hydrogen (secondary N) is 1. The van der Waals surface area contributed by atoms with Gasteiger partial charge in [-0.3, -0.25) is 5.41 Å². The number of hydrogen-bond acceptors (Lipinski definition) is 4. The van der Waals surface area contributed by atoms with E-state index in [9.17, 15) is 8.42 Å². The summed E-state index contributed by atoms with van der Waals surface area (Å²) in [6.07, 6.45) is 0. The number of hydrogen-bond donors (Lipinski definition) is 1. The zero-order valence-electron chi connectivity index (χ0n) is 8.80. The molecule has 1 heterocycles. The van der Waals surface area contributed by atoms with E-state index in [4.69, 9.17) is 5.41 Å². The lowest BCUT2D eigenvalue weighted by Gasteiger charge is -2.16. The Bertz CT molecular complexity index is 508. The fourth-order valence-corrected chi connectivity index (χ4v) is 4.02. The number of sulfonamides is 1. The lowest BCUT2D eigenvalue weighted by atomic mass is 10.2. The van der Waals surface area contributed by atoms with Crippen LogP contribution in [-0.2, 0) is 10.0 Å². The smallest absolute Gasteiger partial charge is 0.265 e. The van der Waals surface area contributed by atoms with Gasteiger partial charge in [0.2, 0.25) is 0 Å². The summed E-state index contributed by atoms with van der Waals surface area (Å²) < 4.78 is 25.4. The normalized spacial score (nSPS) is 16.8. The summed E-state index contributed by atoms with van der Waals surface area (Å²) in [4.78, 5) is 0.255. The minimum Gasteiger partial charge on any atom is -0.278 e. The summed E-state index contributed by atoms with van der Waals surface area (Å²) in [5.74, 6) is 0.657. The van der Waals surface area contributed by atoms with Gasteiger partial charge in [-0.2, -0.15) is 0 Å². The molecule has 2 rings (SSSR count). The number of amidine groups is 1. The quantitative estimate of drug-likeness (QED) is 0.875. The van der Waals surface area contributed by atoms with Gasteiger partial charge in [0, 0.05) is 12.3 Å². The predicted octanol–water partition coefficient (Wildman–Crippen LogP) is 1.67. The summed E-state index contributed by atoms with van der Waals surface area (Å²) in [5, 5.41) is 7.67. The molecule has 1 aromatic rings. The van der Waals surface area contributed by atoms with Crippen molar-refractivity contribution in [3.05, 3.63) is 29.8 Å². The molecule has 0 amide bonds. The molecule has 1 N–H and O–H groups in total. The third-order valence-electron chi connectivity index (χ3n) is 2.37. The summed E-state index contributed by atoms with van der Waals surface area (Å²) in [5.41, 5.74) is 1.02. The molecule has 0 aliphatic carbocycles. The molecular formula is C10H12N2O2S2. The average Bonchev–Trinajstić information content (AvgIpc) is 2.66. The van der Waals surface area contributed by atoms with E-state index in [0.717, 1.165) is 9.87 Å². The van der Waals surface area contributed by atoms with Crippen molar-refractivity contribution in [1.82, 2.24) is 4.31 Å². The molecule has 6 heteroatoms. The van der Waals surface area contributed by atoms with E-state index in [1.807, 2.05) is 6.92 Å². The van der Waals surface area contributed by atoms with Crippen LogP contribution in [0.5, 0.6) is 0 Å². The van der Waals surface area contributed by atoms with E-state index in [1.165, 1.54) is 11.8 Å². The van der Waals surface area contributed by atoms with E-state index in [2.05, 4.69) is 0 Å². The Morgan fingerprint density at radius 3 is 2.44 bits per heavy atom. The van der Waals surface area contributed by atoms with Gasteiger partial charge < -0.3 is 0 Å². The van der Waals surface area contributed by atoms with Gasteiger partial charge in [-0.05, 0) is 19.1 Å². The second kappa shape index (κ2) is 4.10. The highest BCUT2D eigenvalue weighted by Crippen LogP contribution is 2.24. The molecule has 4 nitrogen and oxygen atoms in total. The Labute approximate surface area is 99.2 Å². The Kier molecular flexibility index (Phi) is 2.94. The van der Waals surface area contributed by atoms with E-state index in [-0.39, 0.29) is 10.1 Å². The van der Waals surface area contributed by atoms with Crippen LogP contribution in [-0.4, -0.2) is 30.2 Å². The number of nitrogens with zero attached hydrogens (tertiary/aromatic N) is 1. The van der Waals surface area contributed by atoms with Crippen molar-refractivity contribution in [2.24, 2.45) is 0 Å². The number of aryl methyl sites for hydroxylation is 1. The van der Waals surface area contributed by atoms with Gasteiger partial charge in [-0.1, -0.05) is 29.5 Å². The second-order valence-electron chi connectivity index (χ2n) is 3.54. The standard InChI is InChI=1S/C10H12N2O2S2/c1-8-2-4-9(5-3-8)16(13,14)12-6-7-15-10(12)11/h2-5,11H,6-7H2,1H3. The first-order valence-corrected chi connectivity index (χ1v) is 7.25. The lowest BCUT2D eigenvalue weighted by Crippen LogP contribution is -2.31. The lowest BCUT2D eigenvalue weighted by molar-refractivity contribution is 0.539. The minimum absolute atomic E-state index is 0.112. The van der Waals surface area contributed by atoms with Crippen molar-refractivity contribution >= 4 is 27.0 Å². The van der Waals surface area contributed by atoms with Gasteiger partial charge in [0.25, 0.3) is 10.0 Å². The molecule has 0 radical (unpaired) electrons. The maximum Gasteiger partial charge on any atom is 0.265 e. The molecule has 1 aliphatic rings. The average molecular weight is 256 g/mol. The highest BCUT2D eigenvalue weighted by molar-refractivity contribution is 8.15. The van der Waals surface area contributed by atoms with Gasteiger partial charge in [0.05, 0.1) is 4.90 Å². The number of rotatable bonds is 2. The zero-order chi connectivity index (χ0) is 11.8. The van der Waals surface area contributed by atoms with Crippen molar-refractivity contribution in [2.75, 3.05) is 12.3 Å². The molecule has 0 aromatic heterocycles. The van der Waals surface area contributed by atoms with E-state index in [1.54, 1.807) is 24.3 Å². The van der Waals surface area contributed by atoms with Crippen molar-refractivity contribution in [2.45, 2.75) is 11.8 Å². The van der Waals surface area contributed by atoms with Crippen LogP contribution < -0.4 is 0 Å². The topological polar surface area (TPSA) is 61.2 Å². The second-order valence-corrected chi connectivity index (χ2v) is 6.49. The van der Waals surface area contributed by atoms with Crippen LogP contribution in [0, 0.1) is 12.3 Å². The van der Waals surface area contributed by atoms with Crippen molar-refractivity contribution in [3.63, 3.8) is 0 Å². The summed E-state index contributed by atoms with van der Waals surface area (Å²) in [7, 11) is -3.52. The Morgan fingerprint density at radius 1 is 1.31 bits per heavy atom. The molecule has 1 aliphatic heterocycles. The van der Waals surface area contributed by atoms with Crippen LogP contribution >= 0.6 is 11.8 Å². The molecule has 0 bridgehead atoms. The first-order chi connectivity index (χ1) is 7.51. The van der Waals surface area contributed by atoms with Crippen molar-refractivity contribution < 1.29 is 8.42 Å². The van der Waals surface area contributed by atoms with Gasteiger partial charge in [-0.15, -0.1) is 0 Å². The molecule has 86 valence electrons. The van der Waals surface area contributed by atoms with E-state index < -0.39 is 10.0 Å². The van der Waals surface area contributed by atoms with Crippen LogP contribution in [0.1, 0.15) is 5.56 Å². The molecule has 0 saturated carbocycles. The van der Waals surface area contributed by atoms with E-state index >= 15 is 0 Å². The Hall–Kier alpha value is -1.01. The summed E-state index contributed by atoms with van der Waals surface area (Å²) >= 11 is 1.26. The third kappa shape index (κ3) is 1.94. The summed E-state index contributed by atoms with van der Waals surface area (Å²) in [6.45, 7) is 2.30. The monoisotopic (exact) mass is 256 g/mol. The number of benzene rings is 1. The van der Waals surface area contributed by atoms with Crippen molar-refractivity contribution in [1.29, 1.82) is 5.41 Å². The van der Waals surface area contributed by atoms with Gasteiger partial charge >= 0.3 is 0 Å². The molecule has 0 unspecified atom stereocenters. The van der Waals surface area contributed by atoms with E-state index in [0.29, 0.717) is 12.3 Å². The van der Waals surface area contributed by atoms with Crippen molar-refractivity contribution in [3.8, 4) is 0 Å². The van der Waals surface area contributed by atoms with Crippen LogP contribution in [0.25, 0.3) is 0 Å². The summed E-state index contributed by atoms with van der Waals surface area (Å²) in [6, 6.07) is 6.70. The van der Waals surface area contributed by atoms with Gasteiger partial charge in [0.15, 0.2) is 5.17 Å². The van der Waals surface area contributed by atoms with Crippen LogP contribution in [0.15, 0.2) is 29.2 Å². The maximum atomic E-state index is 12.1. The third-order valence-corrected chi connectivity index (χ3v) is 5.18. The molecule has 1 aromatic carbocycles. The fraction of sp³-hybridized carbons (Fsp3) is 0.300. The Morgan fingerprint density at radius 2 is 1.94 bits per heavy atom. The Balaban J connectivity index is 2.39. The van der Waals surface area contributed by atoms with Crippen LogP contribution in [0.2, 0.25) is 0 Å². The van der Waals surface area contributed by atoms with Crippen LogP contribution in [0.3, 0.4) is 0 Å². The van der Waals surface area contributed by atoms with Gasteiger partial charge in [-0.25, -0.2) is 12.7 Å². The molecule has 0 atom stereocenters. The largest absolute Gasteiger partial charge is 0.278 e. The fourth-order valence-electron chi connectivity index (χ4n) is 1.47.